The van der Waals surface area contributed by atoms with Gasteiger partial charge in [-0.1, -0.05) is 0 Å². The van der Waals surface area contributed by atoms with Gasteiger partial charge in [0, 0.05) is 18.3 Å². The standard InChI is InChI=1S/C12H15N3O4S/c1-6(16)13-12-15-9(5-20-12)10(17)14-8-3-2-7(4-8)11(18)19/h5,7-8H,2-4H2,1H3,(H,14,17)(H,18,19)(H,13,15,16)/t7-,8+/m1/s1. The molecule has 1 heterocycles. The van der Waals surface area contributed by atoms with Crippen molar-refractivity contribution in [2.45, 2.75) is 32.2 Å². The number of carboxylic acid groups (broad SMARTS) is 1. The molecule has 0 aromatic carbocycles. The second-order valence-electron chi connectivity index (χ2n) is 4.74. The Morgan fingerprint density at radius 2 is 2.15 bits per heavy atom. The molecule has 0 spiro atoms. The van der Waals surface area contributed by atoms with Crippen LogP contribution in [0.25, 0.3) is 0 Å². The Bertz CT molecular complexity index is 543. The fraction of sp³-hybridized carbons (Fsp3) is 0.500. The van der Waals surface area contributed by atoms with Crippen LogP contribution in [-0.4, -0.2) is 33.9 Å². The number of nitrogens with one attached hydrogen (secondary N) is 2. The first-order valence-corrected chi connectivity index (χ1v) is 7.10. The van der Waals surface area contributed by atoms with Gasteiger partial charge in [0.15, 0.2) is 5.13 Å². The van der Waals surface area contributed by atoms with Crippen molar-refractivity contribution in [2.75, 3.05) is 5.32 Å². The number of carbonyl (C=O) groups is 3. The molecule has 2 amide bonds. The lowest BCUT2D eigenvalue weighted by molar-refractivity contribution is -0.141. The molecular formula is C12H15N3O4S. The van der Waals surface area contributed by atoms with E-state index in [0.717, 1.165) is 0 Å². The molecular weight excluding hydrogens is 282 g/mol. The van der Waals surface area contributed by atoms with Gasteiger partial charge in [0.25, 0.3) is 5.91 Å². The third kappa shape index (κ3) is 3.53. The van der Waals surface area contributed by atoms with Gasteiger partial charge in [0.2, 0.25) is 5.91 Å². The monoisotopic (exact) mass is 297 g/mol. The maximum Gasteiger partial charge on any atom is 0.306 e. The fourth-order valence-electron chi connectivity index (χ4n) is 2.18. The summed E-state index contributed by atoms with van der Waals surface area (Å²) >= 11 is 1.17. The number of nitrogens with zero attached hydrogens (tertiary/aromatic N) is 1. The minimum Gasteiger partial charge on any atom is -0.481 e. The first kappa shape index (κ1) is 14.4. The van der Waals surface area contributed by atoms with Crippen LogP contribution in [0, 0.1) is 5.92 Å². The highest BCUT2D eigenvalue weighted by Gasteiger charge is 2.31. The maximum absolute atomic E-state index is 11.9. The zero-order valence-corrected chi connectivity index (χ0v) is 11.7. The molecule has 108 valence electrons. The van der Waals surface area contributed by atoms with E-state index in [1.54, 1.807) is 5.38 Å². The maximum atomic E-state index is 11.9. The number of carboxylic acids is 1. The summed E-state index contributed by atoms with van der Waals surface area (Å²) < 4.78 is 0. The number of anilines is 1. The van der Waals surface area contributed by atoms with Gasteiger partial charge in [-0.05, 0) is 19.3 Å². The molecule has 20 heavy (non-hydrogen) atoms. The summed E-state index contributed by atoms with van der Waals surface area (Å²) in [4.78, 5) is 37.7. The molecule has 0 aliphatic heterocycles. The normalized spacial score (nSPS) is 21.4. The number of thiazole rings is 1. The Morgan fingerprint density at radius 1 is 1.40 bits per heavy atom. The predicted octanol–water partition coefficient (Wildman–Crippen LogP) is 1.08. The first-order valence-electron chi connectivity index (χ1n) is 6.22. The van der Waals surface area contributed by atoms with Crippen molar-refractivity contribution in [3.05, 3.63) is 11.1 Å². The molecule has 2 atom stereocenters. The second-order valence-corrected chi connectivity index (χ2v) is 5.60. The number of hydrogen-bond donors (Lipinski definition) is 3. The molecule has 0 unspecified atom stereocenters. The van der Waals surface area contributed by atoms with Crippen LogP contribution in [-0.2, 0) is 9.59 Å². The van der Waals surface area contributed by atoms with Gasteiger partial charge in [-0.3, -0.25) is 14.4 Å². The zero-order valence-electron chi connectivity index (χ0n) is 10.9. The summed E-state index contributed by atoms with van der Waals surface area (Å²) in [6, 6.07) is -0.130. The number of aliphatic carboxylic acids is 1. The van der Waals surface area contributed by atoms with Gasteiger partial charge in [0.05, 0.1) is 5.92 Å². The van der Waals surface area contributed by atoms with Gasteiger partial charge in [-0.25, -0.2) is 4.98 Å². The van der Waals surface area contributed by atoms with E-state index in [0.29, 0.717) is 24.4 Å². The third-order valence-corrected chi connectivity index (χ3v) is 3.89. The molecule has 1 fully saturated rings. The molecule has 0 bridgehead atoms. The fourth-order valence-corrected chi connectivity index (χ4v) is 2.92. The lowest BCUT2D eigenvalue weighted by Gasteiger charge is -2.10. The summed E-state index contributed by atoms with van der Waals surface area (Å²) in [7, 11) is 0. The van der Waals surface area contributed by atoms with Crippen LogP contribution >= 0.6 is 11.3 Å². The number of aromatic nitrogens is 1. The van der Waals surface area contributed by atoms with Crippen LogP contribution < -0.4 is 10.6 Å². The summed E-state index contributed by atoms with van der Waals surface area (Å²) in [6.45, 7) is 1.37. The van der Waals surface area contributed by atoms with Crippen LogP contribution in [0.4, 0.5) is 5.13 Å². The predicted molar refractivity (Wildman–Crippen MR) is 72.6 cm³/mol. The van der Waals surface area contributed by atoms with Crippen molar-refractivity contribution in [2.24, 2.45) is 5.92 Å². The summed E-state index contributed by atoms with van der Waals surface area (Å²) in [6.07, 6.45) is 1.68. The molecule has 1 aliphatic carbocycles. The van der Waals surface area contributed by atoms with Gasteiger partial charge in [-0.15, -0.1) is 11.3 Å². The Balaban J connectivity index is 1.90. The van der Waals surface area contributed by atoms with E-state index in [9.17, 15) is 14.4 Å². The summed E-state index contributed by atoms with van der Waals surface area (Å²) in [5.74, 6) is -1.78. The van der Waals surface area contributed by atoms with E-state index in [1.807, 2.05) is 0 Å². The molecule has 0 saturated heterocycles. The van der Waals surface area contributed by atoms with Crippen molar-refractivity contribution in [3.63, 3.8) is 0 Å². The van der Waals surface area contributed by atoms with Crippen LogP contribution in [0.5, 0.6) is 0 Å². The molecule has 7 nitrogen and oxygen atoms in total. The van der Waals surface area contributed by atoms with Crippen molar-refractivity contribution in [1.29, 1.82) is 0 Å². The van der Waals surface area contributed by atoms with E-state index in [2.05, 4.69) is 15.6 Å². The largest absolute Gasteiger partial charge is 0.481 e. The van der Waals surface area contributed by atoms with Gasteiger partial charge in [-0.2, -0.15) is 0 Å². The number of hydrogen-bond acceptors (Lipinski definition) is 5. The van der Waals surface area contributed by atoms with Crippen molar-refractivity contribution < 1.29 is 19.5 Å². The number of carbonyl (C=O) groups excluding carboxylic acids is 2. The highest BCUT2D eigenvalue weighted by atomic mass is 32.1. The lowest BCUT2D eigenvalue weighted by Crippen LogP contribution is -2.33. The number of rotatable bonds is 4. The van der Waals surface area contributed by atoms with Crippen molar-refractivity contribution in [1.82, 2.24) is 10.3 Å². The van der Waals surface area contributed by atoms with E-state index >= 15 is 0 Å². The highest BCUT2D eigenvalue weighted by molar-refractivity contribution is 7.14. The first-order chi connectivity index (χ1) is 9.45. The minimum atomic E-state index is -0.816. The second kappa shape index (κ2) is 6.00. The van der Waals surface area contributed by atoms with E-state index in [1.165, 1.54) is 18.3 Å². The van der Waals surface area contributed by atoms with Crippen LogP contribution in [0.2, 0.25) is 0 Å². The Labute approximate surface area is 119 Å². The Kier molecular flexibility index (Phi) is 4.33. The van der Waals surface area contributed by atoms with Crippen molar-refractivity contribution >= 4 is 34.3 Å². The van der Waals surface area contributed by atoms with Crippen LogP contribution in [0.15, 0.2) is 5.38 Å². The van der Waals surface area contributed by atoms with Gasteiger partial charge < -0.3 is 15.7 Å². The van der Waals surface area contributed by atoms with Gasteiger partial charge >= 0.3 is 5.97 Å². The molecule has 0 radical (unpaired) electrons. The topological polar surface area (TPSA) is 108 Å². The van der Waals surface area contributed by atoms with Crippen LogP contribution in [0.1, 0.15) is 36.7 Å². The Morgan fingerprint density at radius 3 is 2.75 bits per heavy atom. The lowest BCUT2D eigenvalue weighted by atomic mass is 10.1. The van der Waals surface area contributed by atoms with Crippen LogP contribution in [0.3, 0.4) is 0 Å². The molecule has 3 N–H and O–H groups in total. The van der Waals surface area contributed by atoms with Crippen molar-refractivity contribution in [3.8, 4) is 0 Å². The summed E-state index contributed by atoms with van der Waals surface area (Å²) in [5, 5.41) is 16.1. The zero-order chi connectivity index (χ0) is 14.7. The third-order valence-electron chi connectivity index (χ3n) is 3.14. The summed E-state index contributed by atoms with van der Waals surface area (Å²) in [5.41, 5.74) is 0.234. The van der Waals surface area contributed by atoms with E-state index < -0.39 is 5.97 Å². The smallest absolute Gasteiger partial charge is 0.306 e. The molecule has 1 aromatic rings. The molecule has 1 saturated carbocycles. The average molecular weight is 297 g/mol. The Hall–Kier alpha value is -1.96. The van der Waals surface area contributed by atoms with E-state index in [4.69, 9.17) is 5.11 Å². The quantitative estimate of drug-likeness (QED) is 0.770. The molecule has 1 aliphatic rings. The molecule has 2 rings (SSSR count). The molecule has 1 aromatic heterocycles. The average Bonchev–Trinajstić information content (AvgIpc) is 2.97. The van der Waals surface area contributed by atoms with Gasteiger partial charge in [0.1, 0.15) is 5.69 Å². The van der Waals surface area contributed by atoms with E-state index in [-0.39, 0.29) is 29.5 Å². The number of amides is 2. The SMILES string of the molecule is CC(=O)Nc1nc(C(=O)N[C@H]2CC[C@@H](C(=O)O)C2)cs1. The highest BCUT2D eigenvalue weighted by Crippen LogP contribution is 2.26. The molecule has 8 heteroatoms. The minimum absolute atomic E-state index is 0.130.